The Labute approximate surface area is 150 Å². The molecule has 0 amide bonds. The molecule has 0 aliphatic heterocycles. The summed E-state index contributed by atoms with van der Waals surface area (Å²) >= 11 is 0.132. The molecule has 0 aliphatic carbocycles. The van der Waals surface area contributed by atoms with Crippen molar-refractivity contribution in [3.8, 4) is 0 Å². The van der Waals surface area contributed by atoms with Crippen molar-refractivity contribution < 1.29 is 115 Å². The van der Waals surface area contributed by atoms with E-state index in [1.807, 2.05) is 0 Å². The van der Waals surface area contributed by atoms with Crippen LogP contribution in [0.1, 0.15) is 0 Å². The average molecular weight is 279 g/mol. The smallest absolute Gasteiger partial charge is 0.784 e. The fourth-order valence-corrected chi connectivity index (χ4v) is 0. The normalized spacial score (nSPS) is 7.15. The molecule has 0 unspecified atom stereocenters. The molecule has 0 bridgehead atoms. The van der Waals surface area contributed by atoms with Gasteiger partial charge in [-0.1, -0.05) is 0 Å². The van der Waals surface area contributed by atoms with E-state index in [2.05, 4.69) is 11.2 Å². The summed E-state index contributed by atoms with van der Waals surface area (Å²) < 4.78 is 52.0. The minimum absolute atomic E-state index is 0. The van der Waals surface area contributed by atoms with Gasteiger partial charge in [-0.25, -0.2) is 0 Å². The Morgan fingerprint density at radius 1 is 1.08 bits per heavy atom. The summed E-state index contributed by atoms with van der Waals surface area (Å²) in [5, 5.41) is 0. The predicted molar refractivity (Wildman–Crippen MR) is 32.7 cm³/mol. The Morgan fingerprint density at radius 3 is 1.08 bits per heavy atom. The topological polar surface area (TPSA) is 163 Å². The van der Waals surface area contributed by atoms with Crippen LogP contribution in [0.25, 0.3) is 0 Å². The Bertz CT molecular complexity index is 166. The number of quaternary nitrogens is 1. The molecule has 0 rings (SSSR count). The molecule has 0 aromatic rings. The van der Waals surface area contributed by atoms with Crippen LogP contribution in [0.5, 0.6) is 0 Å². The van der Waals surface area contributed by atoms with Crippen molar-refractivity contribution in [2.45, 2.75) is 0 Å². The summed E-state index contributed by atoms with van der Waals surface area (Å²) in [6, 6.07) is 0. The van der Waals surface area contributed by atoms with Gasteiger partial charge in [0.1, 0.15) is 0 Å². The minimum atomic E-state index is -4.33. The van der Waals surface area contributed by atoms with E-state index in [-0.39, 0.29) is 94.8 Å². The zero-order valence-electron chi connectivity index (χ0n) is 7.67. The van der Waals surface area contributed by atoms with Crippen LogP contribution < -0.4 is 94.8 Å². The van der Waals surface area contributed by atoms with Crippen molar-refractivity contribution in [1.29, 1.82) is 0 Å². The van der Waals surface area contributed by atoms with E-state index in [9.17, 15) is 0 Å². The van der Waals surface area contributed by atoms with E-state index in [0.29, 0.717) is 0 Å². The van der Waals surface area contributed by atoms with Gasteiger partial charge in [-0.2, -0.15) is 0 Å². The van der Waals surface area contributed by atoms with Crippen molar-refractivity contribution in [3.63, 3.8) is 0 Å². The summed E-state index contributed by atoms with van der Waals surface area (Å²) in [5.41, 5.74) is 0. The molecule has 7 nitrogen and oxygen atoms in total. The SMILES string of the molecule is O=S([O-])([O-])=S.O=S([O-])[O-].[NH4+].[Na+].[Na+].[Na+]. The summed E-state index contributed by atoms with van der Waals surface area (Å²) in [4.78, 5) is 0. The second-order valence-electron chi connectivity index (χ2n) is 0.612. The molecule has 0 saturated carbocycles. The van der Waals surface area contributed by atoms with Crippen LogP contribution in [-0.2, 0) is 31.6 Å². The van der Waals surface area contributed by atoms with Gasteiger partial charge < -0.3 is 24.4 Å². The fourth-order valence-electron chi connectivity index (χ4n) is 0. The molecule has 0 radical (unpaired) electrons. The van der Waals surface area contributed by atoms with Crippen molar-refractivity contribution in [2.75, 3.05) is 0 Å². The van der Waals surface area contributed by atoms with Crippen molar-refractivity contribution in [2.24, 2.45) is 0 Å². The summed E-state index contributed by atoms with van der Waals surface area (Å²) in [7, 11) is -4.33. The molecule has 0 aromatic carbocycles. The quantitative estimate of drug-likeness (QED) is 0.339. The molecule has 0 atom stereocenters. The Morgan fingerprint density at radius 2 is 1.08 bits per heavy atom. The van der Waals surface area contributed by atoms with Gasteiger partial charge in [-0.3, -0.25) is 8.42 Å². The number of hydrogen-bond donors (Lipinski definition) is 1. The predicted octanol–water partition coefficient (Wildman–Crippen LogP) is -10.6. The Balaban J connectivity index is -0.0000000146. The maximum absolute atomic E-state index is 8.89. The Kier molecular flexibility index (Phi) is 57.3. The maximum Gasteiger partial charge on any atom is 1.00 e. The molecule has 13 heteroatoms. The Hall–Kier alpha value is 3.32. The number of rotatable bonds is 0. The second kappa shape index (κ2) is 20.7. The molecule has 0 saturated heterocycles. The van der Waals surface area contributed by atoms with E-state index >= 15 is 0 Å². The molecule has 0 aromatic heterocycles. The molecule has 0 aliphatic rings. The van der Waals surface area contributed by atoms with Gasteiger partial charge in [0.2, 0.25) is 0 Å². The van der Waals surface area contributed by atoms with Gasteiger partial charge in [0.25, 0.3) is 0 Å². The van der Waals surface area contributed by atoms with Crippen LogP contribution in [0.15, 0.2) is 0 Å². The van der Waals surface area contributed by atoms with Crippen molar-refractivity contribution in [1.82, 2.24) is 6.15 Å². The van der Waals surface area contributed by atoms with Crippen LogP contribution in [0.4, 0.5) is 0 Å². The third-order valence-electron chi connectivity index (χ3n) is 0. The molecule has 0 fully saturated rings. The van der Waals surface area contributed by atoms with Gasteiger partial charge in [0.05, 0.1) is 0 Å². The molecule has 0 spiro atoms. The molecule has 13 heavy (non-hydrogen) atoms. The van der Waals surface area contributed by atoms with Crippen LogP contribution in [0.3, 0.4) is 0 Å². The first-order valence-electron chi connectivity index (χ1n) is 1.17. The first-order valence-corrected chi connectivity index (χ1v) is 4.50. The second-order valence-corrected chi connectivity index (χ2v) is 3.06. The van der Waals surface area contributed by atoms with Crippen LogP contribution in [0.2, 0.25) is 0 Å². The standard InChI is InChI=1S/H3N.3Na.H2O3S2.H2O3S/c;;;;1-5(2,3)4;1-4(2)3/h1H3;;;;(H2,1,2,3,4);(H2,1,2,3)/q;3*+1;;/p-3. The molecule has 66 valence electrons. The van der Waals surface area contributed by atoms with E-state index in [1.165, 1.54) is 0 Å². The molecular weight excluding hydrogens is 275 g/mol. The molecule has 0 heterocycles. The molecular formula is H4NNa3O6S3. The zero-order valence-corrected chi connectivity index (χ0v) is 16.1. The summed E-state index contributed by atoms with van der Waals surface area (Å²) in [6.07, 6.45) is 0. The summed E-state index contributed by atoms with van der Waals surface area (Å²) in [6.45, 7) is 0. The maximum atomic E-state index is 8.89. The first-order chi connectivity index (χ1) is 3.73. The minimum Gasteiger partial charge on any atom is -0.784 e. The number of hydrogen-bond acceptors (Lipinski definition) is 7. The van der Waals surface area contributed by atoms with Gasteiger partial charge >= 0.3 is 88.7 Å². The van der Waals surface area contributed by atoms with E-state index in [4.69, 9.17) is 26.6 Å². The zero-order chi connectivity index (χ0) is 8.08. The van der Waals surface area contributed by atoms with Crippen LogP contribution >= 0.6 is 0 Å². The van der Waals surface area contributed by atoms with Gasteiger partial charge in [0, 0.05) is 0 Å². The summed E-state index contributed by atoms with van der Waals surface area (Å²) in [5.74, 6) is 0. The largest absolute Gasteiger partial charge is 1.00 e. The monoisotopic (exact) mass is 279 g/mol. The van der Waals surface area contributed by atoms with E-state index in [0.717, 1.165) is 0 Å². The van der Waals surface area contributed by atoms with E-state index in [1.54, 1.807) is 0 Å². The van der Waals surface area contributed by atoms with Gasteiger partial charge in [-0.05, 0) is 11.2 Å². The third kappa shape index (κ3) is 247. The molecule has 4 N–H and O–H groups in total. The average Bonchev–Trinajstić information content (AvgIpc) is 1.19. The van der Waals surface area contributed by atoms with Crippen molar-refractivity contribution >= 4 is 31.6 Å². The first kappa shape index (κ1) is 36.0. The van der Waals surface area contributed by atoms with E-state index < -0.39 is 20.4 Å². The fraction of sp³-hybridized carbons (Fsp3) is 0. The van der Waals surface area contributed by atoms with Crippen LogP contribution in [-0.4, -0.2) is 26.6 Å². The van der Waals surface area contributed by atoms with Crippen LogP contribution in [0, 0.1) is 0 Å². The van der Waals surface area contributed by atoms with Gasteiger partial charge in [0.15, 0.2) is 0 Å². The third-order valence-corrected chi connectivity index (χ3v) is 0. The van der Waals surface area contributed by atoms with Gasteiger partial charge in [-0.15, -0.1) is 20.4 Å². The van der Waals surface area contributed by atoms with Crippen molar-refractivity contribution in [3.05, 3.63) is 0 Å².